The Bertz CT molecular complexity index is 2210. The number of allylic oxidation sites excluding steroid dienone is 2. The quantitative estimate of drug-likeness (QED) is 0.0288. The van der Waals surface area contributed by atoms with Crippen molar-refractivity contribution >= 4 is 27.5 Å². The zero-order valence-corrected chi connectivity index (χ0v) is 42.3. The molecule has 14 atom stereocenters. The molecule has 1 saturated heterocycles. The number of nitrogens with two attached hydrogens (primary N) is 2. The molecule has 7 aliphatic rings. The number of nitrogens with zero attached hydrogens (tertiary/aromatic N) is 1. The van der Waals surface area contributed by atoms with Crippen LogP contribution in [0.5, 0.6) is 11.5 Å². The average molecular weight is 973 g/mol. The van der Waals surface area contributed by atoms with Crippen LogP contribution in [0.25, 0.3) is 0 Å². The molecular weight excluding hydrogens is 893 g/mol. The minimum Gasteiger partial charge on any atom is -0.504 e. The molecule has 374 valence electrons. The van der Waals surface area contributed by atoms with Crippen LogP contribution < -0.4 is 26.8 Å². The Morgan fingerprint density at radius 3 is 2.68 bits per heavy atom. The molecule has 0 radical (unpaired) electrons. The summed E-state index contributed by atoms with van der Waals surface area (Å²) in [4.78, 5) is 7.82. The van der Waals surface area contributed by atoms with Crippen molar-refractivity contribution in [2.24, 2.45) is 63.3 Å². The Hall–Kier alpha value is -3.11. The van der Waals surface area contributed by atoms with E-state index >= 15 is 0 Å². The van der Waals surface area contributed by atoms with E-state index in [4.69, 9.17) is 20.6 Å². The molecule has 12 nitrogen and oxygen atoms in total. The Kier molecular flexibility index (Phi) is 16.2. The molecule has 6 aliphatic carbocycles. The first-order valence-electron chi connectivity index (χ1n) is 26.1. The fraction of sp³-hybridized carbons (Fsp3) is 0.685. The number of phenolic OH excluding ortho intramolecular Hbond substituents is 1. The first-order valence-corrected chi connectivity index (χ1v) is 28.5. The second kappa shape index (κ2) is 22.1. The average Bonchev–Trinajstić information content (AvgIpc) is 4.03. The SMILES string of the molecule is CN=C(N)N[C@@H]1CSSC[C@@H]2[C@@H]3CC[C@@H](CCc4oc(CCc5ccc(O)c(OC[C@H](O)c6cc7c([nH]6)[C@@H]6C=C[C@]8(CCC[C@H]8C6)[C@@H]7CNC[C@H](C)O)c5)cc4CO)C[C@H](C[C@H]2N)[C@@H]3CC[C@@H]1C. The summed E-state index contributed by atoms with van der Waals surface area (Å²) in [5.41, 5.74) is 18.3. The van der Waals surface area contributed by atoms with Crippen molar-refractivity contribution in [3.63, 3.8) is 0 Å². The van der Waals surface area contributed by atoms with Crippen LogP contribution in [0, 0.1) is 46.8 Å². The molecule has 10 rings (SSSR count). The second-order valence-electron chi connectivity index (χ2n) is 21.9. The van der Waals surface area contributed by atoms with E-state index in [1.807, 2.05) is 46.7 Å². The highest BCUT2D eigenvalue weighted by Gasteiger charge is 2.53. The Balaban J connectivity index is 0.800. The molecule has 68 heavy (non-hydrogen) atoms. The minimum atomic E-state index is -0.906. The van der Waals surface area contributed by atoms with Crippen molar-refractivity contribution in [3.05, 3.63) is 82.1 Å². The molecule has 0 amide bonds. The number of aliphatic hydroxyl groups excluding tert-OH is 3. The summed E-state index contributed by atoms with van der Waals surface area (Å²) in [6, 6.07) is 10.2. The van der Waals surface area contributed by atoms with Crippen molar-refractivity contribution in [3.8, 4) is 11.5 Å². The van der Waals surface area contributed by atoms with Gasteiger partial charge >= 0.3 is 0 Å². The van der Waals surface area contributed by atoms with Crippen LogP contribution in [0.2, 0.25) is 0 Å². The number of hydrogen-bond acceptors (Lipinski definition) is 11. The summed E-state index contributed by atoms with van der Waals surface area (Å²) in [5, 5.41) is 49.9. The Morgan fingerprint density at radius 1 is 1.01 bits per heavy atom. The van der Waals surface area contributed by atoms with E-state index in [1.165, 1.54) is 56.2 Å². The van der Waals surface area contributed by atoms with E-state index in [0.29, 0.717) is 84.5 Å². The van der Waals surface area contributed by atoms with Crippen LogP contribution in [0.4, 0.5) is 0 Å². The molecule has 3 heterocycles. The number of furan rings is 1. The van der Waals surface area contributed by atoms with Gasteiger partial charge in [-0.3, -0.25) is 4.99 Å². The van der Waals surface area contributed by atoms with Gasteiger partial charge in [-0.25, -0.2) is 0 Å². The van der Waals surface area contributed by atoms with Gasteiger partial charge in [-0.2, -0.15) is 0 Å². The topological polar surface area (TPSA) is 208 Å². The lowest BCUT2D eigenvalue weighted by Gasteiger charge is -2.46. The molecule has 3 saturated carbocycles. The van der Waals surface area contributed by atoms with Crippen LogP contribution in [0.1, 0.15) is 142 Å². The number of aromatic hydroxyl groups is 1. The molecule has 1 spiro atoms. The van der Waals surface area contributed by atoms with Gasteiger partial charge in [-0.1, -0.05) is 59.6 Å². The van der Waals surface area contributed by atoms with Gasteiger partial charge in [0.15, 0.2) is 17.5 Å². The van der Waals surface area contributed by atoms with Crippen LogP contribution in [0.15, 0.2) is 51.9 Å². The molecule has 14 heteroatoms. The molecule has 3 aromatic rings. The van der Waals surface area contributed by atoms with Crippen LogP contribution in [0.3, 0.4) is 0 Å². The number of aliphatic imine (C=N–C) groups is 1. The van der Waals surface area contributed by atoms with E-state index in [1.54, 1.807) is 13.1 Å². The molecule has 1 aromatic carbocycles. The van der Waals surface area contributed by atoms with Gasteiger partial charge in [0.25, 0.3) is 0 Å². The zero-order valence-electron chi connectivity index (χ0n) is 40.7. The number of aromatic nitrogens is 1. The van der Waals surface area contributed by atoms with Crippen LogP contribution in [-0.2, 0) is 25.9 Å². The number of aliphatic hydroxyl groups is 3. The third kappa shape index (κ3) is 10.9. The summed E-state index contributed by atoms with van der Waals surface area (Å²) >= 11 is 0. The number of aromatic amines is 1. The zero-order chi connectivity index (χ0) is 47.5. The van der Waals surface area contributed by atoms with Gasteiger partial charge in [0, 0.05) is 85.4 Å². The van der Waals surface area contributed by atoms with Gasteiger partial charge in [0.2, 0.25) is 0 Å². The normalized spacial score (nSPS) is 33.5. The van der Waals surface area contributed by atoms with Gasteiger partial charge in [-0.05, 0) is 153 Å². The van der Waals surface area contributed by atoms with E-state index in [2.05, 4.69) is 45.8 Å². The van der Waals surface area contributed by atoms with Crippen molar-refractivity contribution in [2.75, 3.05) is 38.2 Å². The molecule has 11 N–H and O–H groups in total. The maximum Gasteiger partial charge on any atom is 0.188 e. The Morgan fingerprint density at radius 2 is 1.85 bits per heavy atom. The molecule has 1 aliphatic heterocycles. The predicted molar refractivity (Wildman–Crippen MR) is 275 cm³/mol. The molecular formula is C54H80N6O6S2. The number of H-pyrrole nitrogens is 1. The van der Waals surface area contributed by atoms with Crippen LogP contribution >= 0.6 is 21.6 Å². The number of ether oxygens (including phenoxy) is 1. The summed E-state index contributed by atoms with van der Waals surface area (Å²) < 4.78 is 12.7. The fourth-order valence-electron chi connectivity index (χ4n) is 14.0. The first kappa shape index (κ1) is 49.9. The molecule has 6 bridgehead atoms. The maximum atomic E-state index is 11.5. The van der Waals surface area contributed by atoms with Gasteiger partial charge in [0.1, 0.15) is 24.2 Å². The lowest BCUT2D eigenvalue weighted by molar-refractivity contribution is 0.0714. The van der Waals surface area contributed by atoms with Crippen molar-refractivity contribution in [2.45, 2.75) is 146 Å². The van der Waals surface area contributed by atoms with E-state index in [-0.39, 0.29) is 36.3 Å². The number of hydrogen-bond donors (Lipinski definition) is 9. The maximum absolute atomic E-state index is 11.5. The first-order chi connectivity index (χ1) is 32.9. The second-order valence-corrected chi connectivity index (χ2v) is 24.4. The highest BCUT2D eigenvalue weighted by molar-refractivity contribution is 8.76. The van der Waals surface area contributed by atoms with Crippen LogP contribution in [-0.4, -0.2) is 87.8 Å². The van der Waals surface area contributed by atoms with Gasteiger partial charge in [0.05, 0.1) is 12.7 Å². The van der Waals surface area contributed by atoms with Crippen molar-refractivity contribution in [1.82, 2.24) is 15.6 Å². The van der Waals surface area contributed by atoms with Gasteiger partial charge < -0.3 is 56.7 Å². The fourth-order valence-corrected chi connectivity index (χ4v) is 16.9. The van der Waals surface area contributed by atoms with E-state index in [0.717, 1.165) is 78.5 Å². The lowest BCUT2D eigenvalue weighted by atomic mass is 9.62. The summed E-state index contributed by atoms with van der Waals surface area (Å²) in [6.45, 7) is 5.46. The standard InChI is InChI=1S/C54H80N6O6S2/c1-31-6-12-40-36-19-33(8-13-41(40)43(45(55)23-36)29-67-68-30-47(31)60-53(56)57-3)10-15-50-37(27-61)22-39(66-50)11-7-34-9-14-48(63)51(20-34)65-28-49(64)46-24-42-44(26-58-25-32(2)62)54-17-4-5-38(54)21-35(16-18-54)52(42)59-46/h9,14,16,18,20,22,24,31-33,35-36,38,40-41,43-45,47,49,58-59,61-64H,4-8,10-13,15,17,19,21,23,25-30,55H2,1-3H3,(H3,56,57,60)/t31-,32-,33-,35+,36+,38-,40-,41+,43+,44+,45+,47+,49-,54-/m0/s1. The number of aryl methyl sites for hydroxylation is 3. The highest BCUT2D eigenvalue weighted by atomic mass is 33.1. The summed E-state index contributed by atoms with van der Waals surface area (Å²) in [7, 11) is 5.71. The summed E-state index contributed by atoms with van der Waals surface area (Å²) in [6.07, 6.45) is 18.7. The van der Waals surface area contributed by atoms with E-state index < -0.39 is 12.2 Å². The number of rotatable bonds is 16. The smallest absolute Gasteiger partial charge is 0.188 e. The summed E-state index contributed by atoms with van der Waals surface area (Å²) in [5.74, 6) is 9.66. The monoisotopic (exact) mass is 973 g/mol. The molecule has 4 fully saturated rings. The number of benzene rings is 1. The minimum absolute atomic E-state index is 0.00576. The highest BCUT2D eigenvalue weighted by Crippen LogP contribution is 2.62. The third-order valence-corrected chi connectivity index (χ3v) is 20.2. The number of phenols is 1. The number of nitrogens with one attached hydrogen (secondary N) is 3. The molecule has 0 unspecified atom stereocenters. The predicted octanol–water partition coefficient (Wildman–Crippen LogP) is 8.24. The van der Waals surface area contributed by atoms with E-state index in [9.17, 15) is 20.4 Å². The van der Waals surface area contributed by atoms with Crippen molar-refractivity contribution in [1.29, 1.82) is 0 Å². The third-order valence-electron chi connectivity index (χ3n) is 17.7. The molecule has 2 aromatic heterocycles. The van der Waals surface area contributed by atoms with Crippen molar-refractivity contribution < 1.29 is 29.6 Å². The largest absolute Gasteiger partial charge is 0.504 e. The van der Waals surface area contributed by atoms with Gasteiger partial charge in [-0.15, -0.1) is 0 Å². The lowest BCUT2D eigenvalue weighted by Crippen LogP contribution is -2.48. The number of guanidine groups is 1. The Labute approximate surface area is 412 Å².